The van der Waals surface area contributed by atoms with Gasteiger partial charge in [-0.25, -0.2) is 4.99 Å². The second kappa shape index (κ2) is 13.2. The number of carbonyl (C=O) groups is 2. The third-order valence-electron chi connectivity index (χ3n) is 10.2. The molecule has 2 atom stereocenters. The van der Waals surface area contributed by atoms with Gasteiger partial charge in [0.05, 0.1) is 18.5 Å². The van der Waals surface area contributed by atoms with Crippen molar-refractivity contribution in [1.82, 2.24) is 35.7 Å². The summed E-state index contributed by atoms with van der Waals surface area (Å²) in [6, 6.07) is 6.89. The molecule has 0 bridgehead atoms. The summed E-state index contributed by atoms with van der Waals surface area (Å²) in [5.41, 5.74) is 0.563. The molecule has 2 fully saturated rings. The second-order valence-corrected chi connectivity index (χ2v) is 15.8. The third-order valence-corrected chi connectivity index (χ3v) is 10.2. The number of nitrogens with one attached hydrogen (secondary N) is 2. The van der Waals surface area contributed by atoms with Crippen molar-refractivity contribution < 1.29 is 22.8 Å². The number of benzene rings is 1. The van der Waals surface area contributed by atoms with Gasteiger partial charge in [0.25, 0.3) is 11.8 Å². The monoisotopic (exact) mass is 658 g/mol. The predicted octanol–water partition coefficient (Wildman–Crippen LogP) is 6.44. The average molecular weight is 659 g/mol. The molecule has 2 N–H and O–H groups in total. The maximum Gasteiger partial charge on any atom is 0.393 e. The van der Waals surface area contributed by atoms with E-state index < -0.39 is 17.8 Å². The van der Waals surface area contributed by atoms with Gasteiger partial charge in [-0.3, -0.25) is 9.59 Å². The van der Waals surface area contributed by atoms with Crippen molar-refractivity contribution >= 4 is 17.6 Å². The van der Waals surface area contributed by atoms with Crippen LogP contribution >= 0.6 is 0 Å². The molecule has 1 saturated carbocycles. The normalized spacial score (nSPS) is 24.9. The average Bonchev–Trinajstić information content (AvgIpc) is 3.62. The Morgan fingerprint density at radius 1 is 1.04 bits per heavy atom. The quantitative estimate of drug-likeness (QED) is 0.353. The number of aliphatic imine (C=N–C) groups is 1. The van der Waals surface area contributed by atoms with Gasteiger partial charge in [-0.05, 0) is 85.8 Å². The Kier molecular flexibility index (Phi) is 9.76. The van der Waals surface area contributed by atoms with Crippen LogP contribution in [-0.2, 0) is 11.3 Å². The van der Waals surface area contributed by atoms with Crippen molar-refractivity contribution in [2.75, 3.05) is 13.1 Å². The fourth-order valence-electron chi connectivity index (χ4n) is 7.36. The summed E-state index contributed by atoms with van der Waals surface area (Å²) in [6.07, 6.45) is 0.624. The van der Waals surface area contributed by atoms with Crippen LogP contribution in [0.3, 0.4) is 0 Å². The molecule has 1 aromatic heterocycles. The first-order chi connectivity index (χ1) is 22.0. The fraction of sp³-hybridized carbons (Fsp3) is 0.706. The zero-order valence-electron chi connectivity index (χ0n) is 28.5. The minimum atomic E-state index is -4.32. The number of halogens is 3. The number of hydrogen-bond acceptors (Lipinski definition) is 7. The predicted molar refractivity (Wildman–Crippen MR) is 172 cm³/mol. The number of amides is 2. The van der Waals surface area contributed by atoms with Crippen molar-refractivity contribution in [1.29, 1.82) is 0 Å². The molecule has 3 heterocycles. The van der Waals surface area contributed by atoms with Gasteiger partial charge >= 0.3 is 6.18 Å². The lowest BCUT2D eigenvalue weighted by Gasteiger charge is -2.47. The van der Waals surface area contributed by atoms with E-state index >= 15 is 0 Å². The largest absolute Gasteiger partial charge is 0.393 e. The first-order valence-corrected chi connectivity index (χ1v) is 16.8. The lowest BCUT2D eigenvalue weighted by atomic mass is 9.69. The van der Waals surface area contributed by atoms with E-state index in [0.717, 1.165) is 24.8 Å². The number of likely N-dealkylation sites (tertiary alicyclic amines) is 1. The molecular weight excluding hydrogens is 609 g/mol. The Bertz CT molecular complexity index is 1420. The standard InChI is InChI=1S/C34H49F3N8O2/c1-31(2,3)16-15-26(22-9-11-23(12-10-22)29(46)38-20-27-40-42-43-41-27)45-30(47)28(44-19-7-8-25(21-44)34(35,36)37)39-33(45)17-13-24(14-18-33)32(4,5)6/h9-12,24-26H,7-8,13-21H2,1-6H3,(H,38,46)(H,40,41,42,43)/t24?,25?,26-,33?/m1/s1. The SMILES string of the molecule is CC(C)(C)CC[C@H](c1ccc(C(=O)NCc2nn[nH]n2)cc1)N1C(=O)C(N2CCCC(C(F)(F)F)C2)=NC12CCC(C(C)(C)C)CC2. The molecule has 3 aliphatic rings. The highest BCUT2D eigenvalue weighted by Gasteiger charge is 2.54. The number of H-pyrrole nitrogens is 1. The van der Waals surface area contributed by atoms with E-state index in [-0.39, 0.29) is 54.0 Å². The number of hydrogen-bond donors (Lipinski definition) is 2. The van der Waals surface area contributed by atoms with Crippen molar-refractivity contribution in [3.8, 4) is 0 Å². The number of nitrogens with zero attached hydrogens (tertiary/aromatic N) is 6. The molecule has 1 spiro atoms. The Morgan fingerprint density at radius 2 is 1.72 bits per heavy atom. The van der Waals surface area contributed by atoms with Crippen LogP contribution in [-0.4, -0.2) is 73.0 Å². The second-order valence-electron chi connectivity index (χ2n) is 15.8. The van der Waals surface area contributed by atoms with Crippen LogP contribution in [0.5, 0.6) is 0 Å². The van der Waals surface area contributed by atoms with Crippen molar-refractivity contribution in [2.24, 2.45) is 27.7 Å². The van der Waals surface area contributed by atoms with E-state index in [1.807, 2.05) is 17.0 Å². The molecule has 47 heavy (non-hydrogen) atoms. The highest BCUT2D eigenvalue weighted by molar-refractivity contribution is 6.39. The van der Waals surface area contributed by atoms with Gasteiger partial charge in [0.15, 0.2) is 11.7 Å². The fourth-order valence-corrected chi connectivity index (χ4v) is 7.36. The van der Waals surface area contributed by atoms with Crippen LogP contribution in [0.1, 0.15) is 121 Å². The number of aromatic amines is 1. The lowest BCUT2D eigenvalue weighted by Crippen LogP contribution is -2.53. The molecule has 2 amide bonds. The minimum absolute atomic E-state index is 0.0243. The van der Waals surface area contributed by atoms with Gasteiger partial charge < -0.3 is 15.1 Å². The van der Waals surface area contributed by atoms with Crippen LogP contribution in [0, 0.1) is 22.7 Å². The number of aromatic nitrogens is 4. The molecule has 13 heteroatoms. The first kappa shape index (κ1) is 34.8. The molecule has 0 radical (unpaired) electrons. The summed E-state index contributed by atoms with van der Waals surface area (Å²) in [5, 5.41) is 16.4. The molecule has 2 aliphatic heterocycles. The Balaban J connectivity index is 1.47. The molecule has 1 aromatic carbocycles. The number of tetrazole rings is 1. The first-order valence-electron chi connectivity index (χ1n) is 16.8. The van der Waals surface area contributed by atoms with Crippen molar-refractivity contribution in [3.05, 3.63) is 41.2 Å². The number of alkyl halides is 3. The van der Waals surface area contributed by atoms with Crippen molar-refractivity contribution in [2.45, 2.75) is 117 Å². The highest BCUT2D eigenvalue weighted by Crippen LogP contribution is 2.50. The summed E-state index contributed by atoms with van der Waals surface area (Å²) >= 11 is 0. The van der Waals surface area contributed by atoms with Crippen LogP contribution in [0.2, 0.25) is 0 Å². The van der Waals surface area contributed by atoms with Gasteiger partial charge in [0, 0.05) is 18.7 Å². The number of carbonyl (C=O) groups excluding carboxylic acids is 2. The molecule has 1 saturated heterocycles. The minimum Gasteiger partial charge on any atom is -0.352 e. The van der Waals surface area contributed by atoms with E-state index in [9.17, 15) is 22.8 Å². The Hall–Kier alpha value is -3.51. The van der Waals surface area contributed by atoms with Gasteiger partial charge in [0.2, 0.25) is 0 Å². The number of piperidine rings is 1. The maximum atomic E-state index is 14.6. The lowest BCUT2D eigenvalue weighted by molar-refractivity contribution is -0.183. The van der Waals surface area contributed by atoms with Gasteiger partial charge in [-0.2, -0.15) is 18.4 Å². The molecule has 5 rings (SSSR count). The topological polar surface area (TPSA) is 119 Å². The molecular formula is C34H49F3N8O2. The van der Waals surface area contributed by atoms with E-state index in [0.29, 0.717) is 49.5 Å². The number of amidine groups is 1. The van der Waals surface area contributed by atoms with Crippen LogP contribution < -0.4 is 5.32 Å². The molecule has 1 aliphatic carbocycles. The summed E-state index contributed by atoms with van der Waals surface area (Å²) < 4.78 is 41.5. The molecule has 2 aromatic rings. The molecule has 258 valence electrons. The van der Waals surface area contributed by atoms with Crippen LogP contribution in [0.4, 0.5) is 13.2 Å². The summed E-state index contributed by atoms with van der Waals surface area (Å²) in [5.74, 6) is -1.08. The number of rotatable bonds is 7. The van der Waals surface area contributed by atoms with Crippen LogP contribution in [0.25, 0.3) is 0 Å². The highest BCUT2D eigenvalue weighted by atomic mass is 19.4. The Morgan fingerprint density at radius 3 is 2.30 bits per heavy atom. The smallest absolute Gasteiger partial charge is 0.352 e. The zero-order chi connectivity index (χ0) is 34.2. The summed E-state index contributed by atoms with van der Waals surface area (Å²) in [6.45, 7) is 13.4. The molecule has 10 nitrogen and oxygen atoms in total. The van der Waals surface area contributed by atoms with E-state index in [2.05, 4.69) is 67.5 Å². The van der Waals surface area contributed by atoms with Crippen LogP contribution in [0.15, 0.2) is 29.3 Å². The Labute approximate surface area is 275 Å². The van der Waals surface area contributed by atoms with Gasteiger partial charge in [-0.1, -0.05) is 58.9 Å². The summed E-state index contributed by atoms with van der Waals surface area (Å²) in [4.78, 5) is 36.2. The van der Waals surface area contributed by atoms with Gasteiger partial charge in [-0.15, -0.1) is 10.2 Å². The maximum absolute atomic E-state index is 14.6. The molecule has 1 unspecified atom stereocenters. The third kappa shape index (κ3) is 7.97. The van der Waals surface area contributed by atoms with E-state index in [1.54, 1.807) is 17.0 Å². The van der Waals surface area contributed by atoms with Gasteiger partial charge in [0.1, 0.15) is 5.66 Å². The zero-order valence-corrected chi connectivity index (χ0v) is 28.5. The van der Waals surface area contributed by atoms with Crippen molar-refractivity contribution in [3.63, 3.8) is 0 Å². The summed E-state index contributed by atoms with van der Waals surface area (Å²) in [7, 11) is 0. The van der Waals surface area contributed by atoms with E-state index in [4.69, 9.17) is 4.99 Å². The van der Waals surface area contributed by atoms with E-state index in [1.165, 1.54) is 0 Å².